The SMILES string of the molecule is CCN(CC)c1ccc(/C=C/C(=O)c2ccc(Cl)s2)cc1. The van der Waals surface area contributed by atoms with Crippen LogP contribution in [0.3, 0.4) is 0 Å². The first-order valence-corrected chi connectivity index (χ1v) is 8.16. The molecular formula is C17H18ClNOS. The maximum atomic E-state index is 12.0. The molecule has 0 aliphatic rings. The second-order valence-corrected chi connectivity index (χ2v) is 6.28. The highest BCUT2D eigenvalue weighted by molar-refractivity contribution is 7.18. The van der Waals surface area contributed by atoms with Crippen LogP contribution in [0, 0.1) is 0 Å². The van der Waals surface area contributed by atoms with Crippen LogP contribution in [0.4, 0.5) is 5.69 Å². The molecule has 0 saturated heterocycles. The van der Waals surface area contributed by atoms with E-state index in [0.717, 1.165) is 18.7 Å². The van der Waals surface area contributed by atoms with Gasteiger partial charge >= 0.3 is 0 Å². The number of rotatable bonds is 6. The summed E-state index contributed by atoms with van der Waals surface area (Å²) in [7, 11) is 0. The minimum atomic E-state index is -0.0141. The Balaban J connectivity index is 2.06. The van der Waals surface area contributed by atoms with Gasteiger partial charge in [-0.2, -0.15) is 0 Å². The third kappa shape index (κ3) is 4.19. The van der Waals surface area contributed by atoms with Gasteiger partial charge < -0.3 is 4.90 Å². The molecule has 0 saturated carbocycles. The lowest BCUT2D eigenvalue weighted by Crippen LogP contribution is -2.21. The van der Waals surface area contributed by atoms with Crippen LogP contribution in [0.2, 0.25) is 4.34 Å². The molecule has 4 heteroatoms. The van der Waals surface area contributed by atoms with Crippen molar-refractivity contribution in [1.82, 2.24) is 0 Å². The number of halogens is 1. The summed E-state index contributed by atoms with van der Waals surface area (Å²) in [6.45, 7) is 6.26. The van der Waals surface area contributed by atoms with Gasteiger partial charge in [0, 0.05) is 18.8 Å². The van der Waals surface area contributed by atoms with Gasteiger partial charge in [-0.3, -0.25) is 4.79 Å². The second kappa shape index (κ2) is 7.43. The Bertz CT molecular complexity index is 626. The summed E-state index contributed by atoms with van der Waals surface area (Å²) in [6.07, 6.45) is 3.43. The van der Waals surface area contributed by atoms with Crippen LogP contribution in [0.15, 0.2) is 42.5 Å². The van der Waals surface area contributed by atoms with Crippen LogP contribution < -0.4 is 4.90 Å². The highest BCUT2D eigenvalue weighted by Crippen LogP contribution is 2.22. The smallest absolute Gasteiger partial charge is 0.195 e. The molecule has 2 nitrogen and oxygen atoms in total. The van der Waals surface area contributed by atoms with Crippen molar-refractivity contribution < 1.29 is 4.79 Å². The number of benzene rings is 1. The highest BCUT2D eigenvalue weighted by Gasteiger charge is 2.05. The molecule has 0 fully saturated rings. The van der Waals surface area contributed by atoms with E-state index in [1.165, 1.54) is 17.0 Å². The standard InChI is InChI=1S/C17H18ClNOS/c1-3-19(4-2)14-8-5-13(6-9-14)7-10-15(20)16-11-12-17(18)21-16/h5-12H,3-4H2,1-2H3/b10-7+. The average molecular weight is 320 g/mol. The Morgan fingerprint density at radius 1 is 1.14 bits per heavy atom. The predicted octanol–water partition coefficient (Wildman–Crippen LogP) is 5.14. The largest absolute Gasteiger partial charge is 0.372 e. The Kier molecular flexibility index (Phi) is 5.59. The van der Waals surface area contributed by atoms with E-state index in [-0.39, 0.29) is 5.78 Å². The molecule has 0 N–H and O–H groups in total. The van der Waals surface area contributed by atoms with Crippen molar-refractivity contribution in [2.24, 2.45) is 0 Å². The highest BCUT2D eigenvalue weighted by atomic mass is 35.5. The Hall–Kier alpha value is -1.58. The molecule has 2 aromatic rings. The molecule has 2 rings (SSSR count). The molecule has 0 aliphatic carbocycles. The summed E-state index contributed by atoms with van der Waals surface area (Å²) in [5.41, 5.74) is 2.22. The Morgan fingerprint density at radius 2 is 1.81 bits per heavy atom. The second-order valence-electron chi connectivity index (χ2n) is 4.57. The normalized spacial score (nSPS) is 11.0. The van der Waals surface area contributed by atoms with Crippen molar-refractivity contribution in [3.63, 3.8) is 0 Å². The summed E-state index contributed by atoms with van der Waals surface area (Å²) in [6, 6.07) is 11.7. The third-order valence-electron chi connectivity index (χ3n) is 3.26. The molecule has 0 unspecified atom stereocenters. The molecule has 1 aromatic carbocycles. The topological polar surface area (TPSA) is 20.3 Å². The number of ketones is 1. The molecule has 0 amide bonds. The molecule has 1 heterocycles. The van der Waals surface area contributed by atoms with E-state index in [2.05, 4.69) is 30.9 Å². The van der Waals surface area contributed by atoms with Gasteiger partial charge in [-0.1, -0.05) is 29.8 Å². The zero-order valence-corrected chi connectivity index (χ0v) is 13.7. The van der Waals surface area contributed by atoms with Gasteiger partial charge in [0.05, 0.1) is 9.21 Å². The number of thiophene rings is 1. The van der Waals surface area contributed by atoms with Gasteiger partial charge in [0.2, 0.25) is 0 Å². The first kappa shape index (κ1) is 15.8. The van der Waals surface area contributed by atoms with Crippen LogP contribution in [0.5, 0.6) is 0 Å². The van der Waals surface area contributed by atoms with Gasteiger partial charge in [-0.15, -0.1) is 11.3 Å². The fourth-order valence-electron chi connectivity index (χ4n) is 2.09. The quantitative estimate of drug-likeness (QED) is 0.542. The van der Waals surface area contributed by atoms with Crippen LogP contribution >= 0.6 is 22.9 Å². The first-order valence-electron chi connectivity index (χ1n) is 6.96. The fraction of sp³-hybridized carbons (Fsp3) is 0.235. The lowest BCUT2D eigenvalue weighted by atomic mass is 10.1. The summed E-state index contributed by atoms with van der Waals surface area (Å²) >= 11 is 7.13. The number of allylic oxidation sites excluding steroid dienone is 1. The molecule has 0 radical (unpaired) electrons. The molecule has 110 valence electrons. The number of hydrogen-bond acceptors (Lipinski definition) is 3. The van der Waals surface area contributed by atoms with Gasteiger partial charge in [0.15, 0.2) is 5.78 Å². The van der Waals surface area contributed by atoms with E-state index < -0.39 is 0 Å². The number of carbonyl (C=O) groups excluding carboxylic acids is 1. The molecule has 1 aromatic heterocycles. The van der Waals surface area contributed by atoms with E-state index >= 15 is 0 Å². The van der Waals surface area contributed by atoms with Crippen molar-refractivity contribution in [1.29, 1.82) is 0 Å². The van der Waals surface area contributed by atoms with Crippen molar-refractivity contribution in [2.75, 3.05) is 18.0 Å². The Labute approximate surface area is 134 Å². The zero-order chi connectivity index (χ0) is 15.2. The summed E-state index contributed by atoms with van der Waals surface area (Å²) in [4.78, 5) is 14.9. The summed E-state index contributed by atoms with van der Waals surface area (Å²) in [5.74, 6) is -0.0141. The average Bonchev–Trinajstić information content (AvgIpc) is 2.94. The van der Waals surface area contributed by atoms with E-state index in [9.17, 15) is 4.79 Å². The third-order valence-corrected chi connectivity index (χ3v) is 4.51. The van der Waals surface area contributed by atoms with Crippen LogP contribution in [-0.4, -0.2) is 18.9 Å². The van der Waals surface area contributed by atoms with Crippen molar-refractivity contribution in [2.45, 2.75) is 13.8 Å². The number of hydrogen-bond donors (Lipinski definition) is 0. The molecule has 0 aliphatic heterocycles. The molecule has 0 bridgehead atoms. The lowest BCUT2D eigenvalue weighted by Gasteiger charge is -2.20. The van der Waals surface area contributed by atoms with E-state index in [1.807, 2.05) is 18.2 Å². The maximum Gasteiger partial charge on any atom is 0.195 e. The van der Waals surface area contributed by atoms with Gasteiger partial charge in [-0.05, 0) is 49.8 Å². The Morgan fingerprint density at radius 3 is 2.33 bits per heavy atom. The number of anilines is 1. The minimum absolute atomic E-state index is 0.0141. The van der Waals surface area contributed by atoms with E-state index in [0.29, 0.717) is 9.21 Å². The van der Waals surface area contributed by atoms with Crippen LogP contribution in [0.1, 0.15) is 29.1 Å². The zero-order valence-electron chi connectivity index (χ0n) is 12.2. The molecule has 0 atom stereocenters. The molecule has 0 spiro atoms. The summed E-state index contributed by atoms with van der Waals surface area (Å²) in [5, 5.41) is 0. The van der Waals surface area contributed by atoms with Gasteiger partial charge in [-0.25, -0.2) is 0 Å². The fourth-order valence-corrected chi connectivity index (χ4v) is 3.05. The van der Waals surface area contributed by atoms with E-state index in [1.54, 1.807) is 18.2 Å². The van der Waals surface area contributed by atoms with Crippen LogP contribution in [0.25, 0.3) is 6.08 Å². The monoisotopic (exact) mass is 319 g/mol. The van der Waals surface area contributed by atoms with Crippen LogP contribution in [-0.2, 0) is 0 Å². The van der Waals surface area contributed by atoms with E-state index in [4.69, 9.17) is 11.6 Å². The lowest BCUT2D eigenvalue weighted by molar-refractivity contribution is 0.105. The predicted molar refractivity (Wildman–Crippen MR) is 92.7 cm³/mol. The van der Waals surface area contributed by atoms with Crippen molar-refractivity contribution >= 4 is 40.5 Å². The minimum Gasteiger partial charge on any atom is -0.372 e. The van der Waals surface area contributed by atoms with Gasteiger partial charge in [0.1, 0.15) is 0 Å². The van der Waals surface area contributed by atoms with Crippen molar-refractivity contribution in [3.05, 3.63) is 57.3 Å². The molecular weight excluding hydrogens is 302 g/mol. The molecule has 21 heavy (non-hydrogen) atoms. The summed E-state index contributed by atoms with van der Waals surface area (Å²) < 4.78 is 0.635. The van der Waals surface area contributed by atoms with Gasteiger partial charge in [0.25, 0.3) is 0 Å². The first-order chi connectivity index (χ1) is 10.1. The number of carbonyl (C=O) groups is 1. The maximum absolute atomic E-state index is 12.0. The van der Waals surface area contributed by atoms with Crippen molar-refractivity contribution in [3.8, 4) is 0 Å². The number of nitrogens with zero attached hydrogens (tertiary/aromatic N) is 1.